The van der Waals surface area contributed by atoms with E-state index in [1.807, 2.05) is 16.1 Å². The van der Waals surface area contributed by atoms with Gasteiger partial charge in [-0.25, -0.2) is 0 Å². The molecule has 0 radical (unpaired) electrons. The quantitative estimate of drug-likeness (QED) is 0.801. The molecule has 0 bridgehead atoms. The minimum absolute atomic E-state index is 0.239. The zero-order valence-corrected chi connectivity index (χ0v) is 14.0. The molecule has 2 aliphatic rings. The van der Waals surface area contributed by atoms with E-state index in [1.54, 1.807) is 0 Å². The maximum atomic E-state index is 12.2. The molecule has 3 rings (SSSR count). The summed E-state index contributed by atoms with van der Waals surface area (Å²) >= 11 is 0. The molecule has 5 nitrogen and oxygen atoms in total. The summed E-state index contributed by atoms with van der Waals surface area (Å²) in [5.74, 6) is 0.239. The van der Waals surface area contributed by atoms with Crippen LogP contribution in [0.15, 0.2) is 17.2 Å². The van der Waals surface area contributed by atoms with Gasteiger partial charge in [0.15, 0.2) is 0 Å². The normalized spacial score (nSPS) is 19.1. The van der Waals surface area contributed by atoms with Gasteiger partial charge in [0.25, 0.3) is 0 Å². The number of hydrogen-bond acceptors (Lipinski definition) is 4. The molecule has 124 valence electrons. The lowest BCUT2D eigenvalue weighted by Gasteiger charge is -2.24. The van der Waals surface area contributed by atoms with Gasteiger partial charge in [-0.15, -0.1) is 0 Å². The Hall–Kier alpha value is -1.88. The third-order valence-corrected chi connectivity index (χ3v) is 4.41. The fourth-order valence-electron chi connectivity index (χ4n) is 3.40. The number of nitrogens with zero attached hydrogens (tertiary/aromatic N) is 3. The zero-order chi connectivity index (χ0) is 16.2. The van der Waals surface area contributed by atoms with E-state index < -0.39 is 0 Å². The largest absolute Gasteiger partial charge is 0.378 e. The van der Waals surface area contributed by atoms with E-state index >= 15 is 0 Å². The Balaban J connectivity index is 1.79. The molecule has 2 fully saturated rings. The Kier molecular flexibility index (Phi) is 4.96. The molecule has 1 aromatic carbocycles. The van der Waals surface area contributed by atoms with E-state index in [0.717, 1.165) is 51.4 Å². The molecule has 2 aliphatic heterocycles. The molecular weight excluding hydrogens is 290 g/mol. The van der Waals surface area contributed by atoms with E-state index in [4.69, 9.17) is 4.74 Å². The molecule has 0 atom stereocenters. The molecular formula is C18H25N3O2. The fraction of sp³-hybridized carbons (Fsp3) is 0.556. The average molecular weight is 315 g/mol. The summed E-state index contributed by atoms with van der Waals surface area (Å²) in [6, 6.07) is 4.34. The number of aryl methyl sites for hydroxylation is 2. The average Bonchev–Trinajstić information content (AvgIpc) is 2.94. The van der Waals surface area contributed by atoms with Gasteiger partial charge >= 0.3 is 0 Å². The third kappa shape index (κ3) is 3.72. The summed E-state index contributed by atoms with van der Waals surface area (Å²) in [4.78, 5) is 14.1. The minimum Gasteiger partial charge on any atom is -0.378 e. The van der Waals surface area contributed by atoms with Gasteiger partial charge in [-0.3, -0.25) is 9.80 Å². The molecule has 0 saturated carbocycles. The van der Waals surface area contributed by atoms with E-state index in [0.29, 0.717) is 6.42 Å². The summed E-state index contributed by atoms with van der Waals surface area (Å²) in [5, 5.41) is 6.60. The second-order valence-corrected chi connectivity index (χ2v) is 6.31. The van der Waals surface area contributed by atoms with Gasteiger partial charge in [-0.2, -0.15) is 5.10 Å². The molecule has 2 saturated heterocycles. The number of benzene rings is 1. The lowest BCUT2D eigenvalue weighted by Crippen LogP contribution is -2.32. The minimum atomic E-state index is 0.239. The molecule has 1 aromatic rings. The van der Waals surface area contributed by atoms with Gasteiger partial charge in [0.2, 0.25) is 5.91 Å². The zero-order valence-electron chi connectivity index (χ0n) is 14.0. The SMILES string of the molecule is Cc1cc(C)c(N2CCCC2=O)c(C/C=N/N2CCOCC2)c1. The molecule has 0 aliphatic carbocycles. The maximum absolute atomic E-state index is 12.2. The van der Waals surface area contributed by atoms with Crippen molar-refractivity contribution in [2.45, 2.75) is 33.1 Å². The van der Waals surface area contributed by atoms with Crippen LogP contribution in [0.25, 0.3) is 0 Å². The number of hydrogen-bond donors (Lipinski definition) is 0. The first-order valence-electron chi connectivity index (χ1n) is 8.41. The van der Waals surface area contributed by atoms with Gasteiger partial charge in [-0.1, -0.05) is 17.7 Å². The van der Waals surface area contributed by atoms with Crippen LogP contribution >= 0.6 is 0 Å². The van der Waals surface area contributed by atoms with Crippen molar-refractivity contribution in [2.75, 3.05) is 37.7 Å². The highest BCUT2D eigenvalue weighted by molar-refractivity contribution is 5.97. The van der Waals surface area contributed by atoms with E-state index in [1.165, 1.54) is 16.7 Å². The summed E-state index contributed by atoms with van der Waals surface area (Å²) in [7, 11) is 0. The number of ether oxygens (including phenoxy) is 1. The molecule has 23 heavy (non-hydrogen) atoms. The van der Waals surface area contributed by atoms with Gasteiger partial charge < -0.3 is 9.64 Å². The Bertz CT molecular complexity index is 607. The van der Waals surface area contributed by atoms with Gasteiger partial charge in [0.05, 0.1) is 32.0 Å². The van der Waals surface area contributed by atoms with Crippen LogP contribution < -0.4 is 4.90 Å². The summed E-state index contributed by atoms with van der Waals surface area (Å²) in [6.07, 6.45) is 4.32. The number of carbonyl (C=O) groups is 1. The first kappa shape index (κ1) is 16.0. The van der Waals surface area contributed by atoms with Crippen LogP contribution in [0.4, 0.5) is 5.69 Å². The Morgan fingerprint density at radius 1 is 1.22 bits per heavy atom. The van der Waals surface area contributed by atoms with Gasteiger partial charge in [0.1, 0.15) is 0 Å². The van der Waals surface area contributed by atoms with Crippen molar-refractivity contribution in [2.24, 2.45) is 5.10 Å². The molecule has 2 heterocycles. The molecule has 0 unspecified atom stereocenters. The smallest absolute Gasteiger partial charge is 0.227 e. The number of carbonyl (C=O) groups excluding carboxylic acids is 1. The van der Waals surface area contributed by atoms with E-state index in [-0.39, 0.29) is 5.91 Å². The van der Waals surface area contributed by atoms with Crippen LogP contribution in [0.2, 0.25) is 0 Å². The third-order valence-electron chi connectivity index (χ3n) is 4.41. The van der Waals surface area contributed by atoms with Gasteiger partial charge in [0, 0.05) is 25.6 Å². The molecule has 0 aromatic heterocycles. The topological polar surface area (TPSA) is 45.1 Å². The van der Waals surface area contributed by atoms with Crippen molar-refractivity contribution >= 4 is 17.8 Å². The van der Waals surface area contributed by atoms with Crippen LogP contribution in [-0.2, 0) is 16.0 Å². The number of amides is 1. The molecule has 0 N–H and O–H groups in total. The Labute approximate surface area is 137 Å². The highest BCUT2D eigenvalue weighted by Crippen LogP contribution is 2.30. The van der Waals surface area contributed by atoms with Crippen molar-refractivity contribution in [3.05, 3.63) is 28.8 Å². The molecule has 5 heteroatoms. The standard InChI is InChI=1S/C18H25N3O2/c1-14-12-15(2)18(21-7-3-4-17(21)22)16(13-14)5-6-19-20-8-10-23-11-9-20/h6,12-13H,3-5,7-11H2,1-2H3/b19-6+. The van der Waals surface area contributed by atoms with Crippen molar-refractivity contribution in [3.63, 3.8) is 0 Å². The van der Waals surface area contributed by atoms with Crippen LogP contribution in [0.3, 0.4) is 0 Å². The van der Waals surface area contributed by atoms with Crippen LogP contribution in [0.1, 0.15) is 29.5 Å². The van der Waals surface area contributed by atoms with E-state index in [9.17, 15) is 4.79 Å². The van der Waals surface area contributed by atoms with Crippen molar-refractivity contribution in [1.29, 1.82) is 0 Å². The van der Waals surface area contributed by atoms with Crippen molar-refractivity contribution in [1.82, 2.24) is 5.01 Å². The van der Waals surface area contributed by atoms with Crippen LogP contribution in [0, 0.1) is 13.8 Å². The van der Waals surface area contributed by atoms with E-state index in [2.05, 4.69) is 31.1 Å². The van der Waals surface area contributed by atoms with Crippen LogP contribution in [0.5, 0.6) is 0 Å². The summed E-state index contributed by atoms with van der Waals surface area (Å²) < 4.78 is 5.33. The highest BCUT2D eigenvalue weighted by Gasteiger charge is 2.25. The van der Waals surface area contributed by atoms with Crippen LogP contribution in [-0.4, -0.2) is 50.0 Å². The predicted molar refractivity (Wildman–Crippen MR) is 92.1 cm³/mol. The van der Waals surface area contributed by atoms with Gasteiger partial charge in [-0.05, 0) is 31.4 Å². The van der Waals surface area contributed by atoms with Crippen molar-refractivity contribution in [3.8, 4) is 0 Å². The fourth-order valence-corrected chi connectivity index (χ4v) is 3.40. The van der Waals surface area contributed by atoms with Crippen molar-refractivity contribution < 1.29 is 9.53 Å². The summed E-state index contributed by atoms with van der Waals surface area (Å²) in [6.45, 7) is 8.21. The second-order valence-electron chi connectivity index (χ2n) is 6.31. The number of rotatable bonds is 4. The molecule has 1 amide bonds. The first-order valence-corrected chi connectivity index (χ1v) is 8.41. The predicted octanol–water partition coefficient (Wildman–Crippen LogP) is 2.29. The monoisotopic (exact) mass is 315 g/mol. The number of hydrazone groups is 1. The number of morpholine rings is 1. The molecule has 0 spiro atoms. The Morgan fingerprint density at radius 3 is 2.70 bits per heavy atom. The highest BCUT2D eigenvalue weighted by atomic mass is 16.5. The second kappa shape index (κ2) is 7.13. The lowest BCUT2D eigenvalue weighted by molar-refractivity contribution is -0.117. The lowest BCUT2D eigenvalue weighted by atomic mass is 10.0. The summed E-state index contributed by atoms with van der Waals surface area (Å²) in [5.41, 5.74) is 4.68. The number of anilines is 1. The maximum Gasteiger partial charge on any atom is 0.227 e. The first-order chi connectivity index (χ1) is 11.1. The Morgan fingerprint density at radius 2 is 2.00 bits per heavy atom.